The third-order valence-corrected chi connectivity index (χ3v) is 6.65. The van der Waals surface area contributed by atoms with Gasteiger partial charge < -0.3 is 24.3 Å². The van der Waals surface area contributed by atoms with Gasteiger partial charge in [0.15, 0.2) is 5.82 Å². The molecule has 2 heterocycles. The van der Waals surface area contributed by atoms with Crippen LogP contribution >= 0.6 is 0 Å². The first-order valence-corrected chi connectivity index (χ1v) is 11.4. The van der Waals surface area contributed by atoms with Gasteiger partial charge in [0.05, 0.1) is 25.3 Å². The van der Waals surface area contributed by atoms with Crippen LogP contribution in [0.4, 0.5) is 5.69 Å². The molecular formula is C25H28N4O4. The molecule has 0 unspecified atom stereocenters. The zero-order chi connectivity index (χ0) is 22.9. The Morgan fingerprint density at radius 2 is 1.73 bits per heavy atom. The normalized spacial score (nSPS) is 16.5. The number of hydrogen-bond acceptors (Lipinski definition) is 5. The maximum atomic E-state index is 13.2. The fourth-order valence-corrected chi connectivity index (χ4v) is 4.92. The van der Waals surface area contributed by atoms with E-state index in [9.17, 15) is 9.59 Å². The highest BCUT2D eigenvalue weighted by Crippen LogP contribution is 2.29. The molecule has 2 aliphatic rings. The average Bonchev–Trinajstić information content (AvgIpc) is 3.23. The molecule has 1 fully saturated rings. The van der Waals surface area contributed by atoms with Gasteiger partial charge in [-0.2, -0.15) is 0 Å². The van der Waals surface area contributed by atoms with Gasteiger partial charge in [-0.05, 0) is 31.0 Å². The molecule has 8 heteroatoms. The van der Waals surface area contributed by atoms with Crippen molar-refractivity contribution in [2.75, 3.05) is 26.1 Å². The van der Waals surface area contributed by atoms with E-state index >= 15 is 0 Å². The second kappa shape index (κ2) is 8.77. The summed E-state index contributed by atoms with van der Waals surface area (Å²) in [5, 5.41) is 2.88. The summed E-state index contributed by atoms with van der Waals surface area (Å²) in [6.07, 6.45) is 5.77. The third-order valence-electron chi connectivity index (χ3n) is 6.65. The van der Waals surface area contributed by atoms with Crippen LogP contribution in [0.25, 0.3) is 11.0 Å². The SMILES string of the molecule is COc1cc(NC(=O)c2ccc3c(c2)nc2n3CCN(C3CCCCC3)C2=O)cc(OC)c1. The number of nitrogens with one attached hydrogen (secondary N) is 1. The number of carbonyl (C=O) groups excluding carboxylic acids is 2. The van der Waals surface area contributed by atoms with E-state index in [2.05, 4.69) is 10.3 Å². The number of nitrogens with zero attached hydrogens (tertiary/aromatic N) is 3. The summed E-state index contributed by atoms with van der Waals surface area (Å²) >= 11 is 0. The number of ether oxygens (including phenoxy) is 2. The number of methoxy groups -OCH3 is 2. The largest absolute Gasteiger partial charge is 0.497 e. The quantitative estimate of drug-likeness (QED) is 0.635. The van der Waals surface area contributed by atoms with Crippen LogP contribution in [0.2, 0.25) is 0 Å². The van der Waals surface area contributed by atoms with Crippen molar-refractivity contribution in [3.05, 3.63) is 47.8 Å². The summed E-state index contributed by atoms with van der Waals surface area (Å²) in [4.78, 5) is 32.8. The van der Waals surface area contributed by atoms with Crippen LogP contribution in [0.5, 0.6) is 11.5 Å². The molecule has 1 saturated carbocycles. The van der Waals surface area contributed by atoms with E-state index in [1.54, 1.807) is 44.6 Å². The number of imidazole rings is 1. The van der Waals surface area contributed by atoms with Gasteiger partial charge in [0.2, 0.25) is 0 Å². The zero-order valence-electron chi connectivity index (χ0n) is 19.0. The van der Waals surface area contributed by atoms with E-state index in [4.69, 9.17) is 9.47 Å². The lowest BCUT2D eigenvalue weighted by molar-refractivity contribution is 0.0566. The predicted molar refractivity (Wildman–Crippen MR) is 125 cm³/mol. The minimum Gasteiger partial charge on any atom is -0.497 e. The Morgan fingerprint density at radius 1 is 1.00 bits per heavy atom. The summed E-state index contributed by atoms with van der Waals surface area (Å²) in [7, 11) is 3.12. The lowest BCUT2D eigenvalue weighted by Crippen LogP contribution is -2.47. The highest BCUT2D eigenvalue weighted by molar-refractivity contribution is 6.06. The van der Waals surface area contributed by atoms with Crippen LogP contribution in [0.15, 0.2) is 36.4 Å². The first-order valence-electron chi connectivity index (χ1n) is 11.4. The van der Waals surface area contributed by atoms with Gasteiger partial charge in [0, 0.05) is 48.6 Å². The van der Waals surface area contributed by atoms with E-state index < -0.39 is 0 Å². The fourth-order valence-electron chi connectivity index (χ4n) is 4.92. The first-order chi connectivity index (χ1) is 16.1. The smallest absolute Gasteiger partial charge is 0.290 e. The Bertz CT molecular complexity index is 1190. The molecule has 1 N–H and O–H groups in total. The summed E-state index contributed by atoms with van der Waals surface area (Å²) in [5.74, 6) is 1.37. The van der Waals surface area contributed by atoms with Crippen molar-refractivity contribution >= 4 is 28.5 Å². The van der Waals surface area contributed by atoms with Crippen molar-refractivity contribution in [2.45, 2.75) is 44.7 Å². The van der Waals surface area contributed by atoms with Gasteiger partial charge in [-0.15, -0.1) is 0 Å². The van der Waals surface area contributed by atoms with Crippen LogP contribution < -0.4 is 14.8 Å². The van der Waals surface area contributed by atoms with E-state index in [1.165, 1.54) is 19.3 Å². The van der Waals surface area contributed by atoms with Gasteiger partial charge in [-0.3, -0.25) is 9.59 Å². The minimum absolute atomic E-state index is 0.00109. The molecule has 1 aliphatic carbocycles. The highest BCUT2D eigenvalue weighted by Gasteiger charge is 2.33. The van der Waals surface area contributed by atoms with Crippen LogP contribution in [0.3, 0.4) is 0 Å². The molecule has 2 aromatic carbocycles. The molecular weight excluding hydrogens is 420 g/mol. The van der Waals surface area contributed by atoms with Crippen molar-refractivity contribution in [3.63, 3.8) is 0 Å². The lowest BCUT2D eigenvalue weighted by Gasteiger charge is -2.36. The highest BCUT2D eigenvalue weighted by atomic mass is 16.5. The molecule has 2 amide bonds. The van der Waals surface area contributed by atoms with Gasteiger partial charge in [-0.25, -0.2) is 4.98 Å². The fraction of sp³-hybridized carbons (Fsp3) is 0.400. The second-order valence-electron chi connectivity index (χ2n) is 8.64. The molecule has 3 aromatic rings. The molecule has 0 atom stereocenters. The average molecular weight is 449 g/mol. The maximum Gasteiger partial charge on any atom is 0.290 e. The number of benzene rings is 2. The molecule has 8 nitrogen and oxygen atoms in total. The van der Waals surface area contributed by atoms with E-state index in [1.807, 2.05) is 15.5 Å². The van der Waals surface area contributed by atoms with Gasteiger partial charge in [-0.1, -0.05) is 19.3 Å². The molecule has 0 saturated heterocycles. The summed E-state index contributed by atoms with van der Waals surface area (Å²) < 4.78 is 12.5. The monoisotopic (exact) mass is 448 g/mol. The molecule has 1 aromatic heterocycles. The van der Waals surface area contributed by atoms with Crippen molar-refractivity contribution < 1.29 is 19.1 Å². The molecule has 5 rings (SSSR count). The van der Waals surface area contributed by atoms with E-state index in [0.29, 0.717) is 46.7 Å². The number of anilines is 1. The topological polar surface area (TPSA) is 85.7 Å². The van der Waals surface area contributed by atoms with Crippen molar-refractivity contribution in [2.24, 2.45) is 0 Å². The van der Waals surface area contributed by atoms with Gasteiger partial charge >= 0.3 is 0 Å². The van der Waals surface area contributed by atoms with Crippen molar-refractivity contribution in [3.8, 4) is 11.5 Å². The van der Waals surface area contributed by atoms with E-state index in [-0.39, 0.29) is 11.8 Å². The molecule has 0 radical (unpaired) electrons. The molecule has 172 valence electrons. The Balaban J connectivity index is 1.40. The maximum absolute atomic E-state index is 13.2. The second-order valence-corrected chi connectivity index (χ2v) is 8.64. The number of aromatic nitrogens is 2. The van der Waals surface area contributed by atoms with E-state index in [0.717, 1.165) is 24.9 Å². The lowest BCUT2D eigenvalue weighted by atomic mass is 9.94. The Kier molecular flexibility index (Phi) is 5.66. The van der Waals surface area contributed by atoms with Gasteiger partial charge in [0.1, 0.15) is 11.5 Å². The summed E-state index contributed by atoms with van der Waals surface area (Å²) in [5.41, 5.74) is 2.57. The van der Waals surface area contributed by atoms with Crippen LogP contribution in [0, 0.1) is 0 Å². The number of fused-ring (bicyclic) bond motifs is 3. The zero-order valence-corrected chi connectivity index (χ0v) is 19.0. The molecule has 1 aliphatic heterocycles. The Hall–Kier alpha value is -3.55. The molecule has 0 bridgehead atoms. The number of rotatable bonds is 5. The van der Waals surface area contributed by atoms with Gasteiger partial charge in [0.25, 0.3) is 11.8 Å². The Labute approximate surface area is 192 Å². The van der Waals surface area contributed by atoms with Crippen molar-refractivity contribution in [1.82, 2.24) is 14.5 Å². The van der Waals surface area contributed by atoms with Crippen molar-refractivity contribution in [1.29, 1.82) is 0 Å². The Morgan fingerprint density at radius 3 is 2.42 bits per heavy atom. The summed E-state index contributed by atoms with van der Waals surface area (Å²) in [6.45, 7) is 1.44. The molecule has 0 spiro atoms. The standard InChI is InChI=1S/C25H28N4O4/c1-32-19-13-17(14-20(15-19)33-2)26-24(30)16-8-9-22-21(12-16)27-23-25(31)28(10-11-29(22)23)18-6-4-3-5-7-18/h8-9,12-15,18H,3-7,10-11H2,1-2H3,(H,26,30). The first kappa shape index (κ1) is 21.3. The molecule has 33 heavy (non-hydrogen) atoms. The predicted octanol–water partition coefficient (Wildman–Crippen LogP) is 4.09. The van der Waals surface area contributed by atoms with Crippen LogP contribution in [-0.4, -0.2) is 53.1 Å². The number of amides is 2. The number of carbonyl (C=O) groups is 2. The number of hydrogen-bond donors (Lipinski definition) is 1. The van der Waals surface area contributed by atoms with Crippen LogP contribution in [-0.2, 0) is 6.54 Å². The third kappa shape index (κ3) is 4.01. The van der Waals surface area contributed by atoms with Crippen LogP contribution in [0.1, 0.15) is 53.1 Å². The summed E-state index contributed by atoms with van der Waals surface area (Å²) in [6, 6.07) is 10.9. The minimum atomic E-state index is -0.270.